The van der Waals surface area contributed by atoms with Crippen molar-refractivity contribution in [1.29, 1.82) is 0 Å². The maximum absolute atomic E-state index is 5.76. The van der Waals surface area contributed by atoms with Crippen LogP contribution < -0.4 is 5.73 Å². The second-order valence-corrected chi connectivity index (χ2v) is 2.50. The molecule has 1 saturated heterocycles. The van der Waals surface area contributed by atoms with E-state index in [2.05, 4.69) is 11.8 Å². The van der Waals surface area contributed by atoms with Gasteiger partial charge in [0.05, 0.1) is 19.4 Å². The van der Waals surface area contributed by atoms with Gasteiger partial charge in [0.25, 0.3) is 0 Å². The van der Waals surface area contributed by atoms with Gasteiger partial charge in [-0.25, -0.2) is 0 Å². The Bertz CT molecular complexity index is 91.6. The molecule has 1 unspecified atom stereocenters. The largest absolute Gasteiger partial charge is 0.379 e. The first-order chi connectivity index (χ1) is 4.84. The summed E-state index contributed by atoms with van der Waals surface area (Å²) < 4.78 is 5.18. The molecule has 0 aliphatic carbocycles. The lowest BCUT2D eigenvalue weighted by Crippen LogP contribution is -2.47. The Morgan fingerprint density at radius 2 is 2.10 bits per heavy atom. The maximum atomic E-state index is 5.76. The number of nitrogens with zero attached hydrogens (tertiary/aromatic N) is 1. The first-order valence-electron chi connectivity index (χ1n) is 3.71. The van der Waals surface area contributed by atoms with Crippen LogP contribution in [-0.2, 0) is 4.74 Å². The fourth-order valence-electron chi connectivity index (χ4n) is 1.09. The van der Waals surface area contributed by atoms with E-state index in [0.29, 0.717) is 0 Å². The minimum Gasteiger partial charge on any atom is -0.379 e. The monoisotopic (exact) mass is 143 g/mol. The summed E-state index contributed by atoms with van der Waals surface area (Å²) in [6.07, 6.45) is 0.906. The molecule has 1 atom stereocenters. The summed E-state index contributed by atoms with van der Waals surface area (Å²) in [5.41, 5.74) is 5.76. The summed E-state index contributed by atoms with van der Waals surface area (Å²) >= 11 is 0. The third kappa shape index (κ3) is 1.94. The molecule has 0 spiro atoms. The van der Waals surface area contributed by atoms with Crippen molar-refractivity contribution in [3.8, 4) is 0 Å². The van der Waals surface area contributed by atoms with E-state index >= 15 is 0 Å². The summed E-state index contributed by atoms with van der Waals surface area (Å²) in [7, 11) is 0. The Morgan fingerprint density at radius 1 is 1.50 bits per heavy atom. The zero-order valence-electron chi connectivity index (χ0n) is 6.25. The van der Waals surface area contributed by atoms with Gasteiger partial charge in [0.2, 0.25) is 0 Å². The van der Waals surface area contributed by atoms with E-state index in [1.54, 1.807) is 0 Å². The van der Waals surface area contributed by atoms with E-state index in [-0.39, 0.29) is 6.17 Å². The van der Waals surface area contributed by atoms with Crippen LogP contribution in [0.25, 0.3) is 0 Å². The first kappa shape index (κ1) is 7.98. The molecule has 10 heavy (non-hydrogen) atoms. The van der Waals surface area contributed by atoms with Crippen molar-refractivity contribution in [1.82, 2.24) is 4.90 Å². The predicted octanol–water partition coefficient (Wildman–Crippen LogP) is -0.172. The zero-order valence-corrected chi connectivity index (χ0v) is 6.25. The van der Waals surface area contributed by atoms with E-state index < -0.39 is 0 Å². The quantitative estimate of drug-likeness (QED) is 0.583. The summed E-state index contributed by atoms with van der Waals surface area (Å²) in [5, 5.41) is 0. The molecule has 59 valence electrons. The summed E-state index contributed by atoms with van der Waals surface area (Å²) in [6.45, 7) is 7.29. The van der Waals surface area contributed by atoms with E-state index in [1.165, 1.54) is 0 Å². The SMILES string of the molecule is [CH2]CC(N)N1CCOCC1. The standard InChI is InChI=1S/C7H15N2O/c1-2-7(8)9-3-5-10-6-4-9/h7H,1-6,8H2. The highest BCUT2D eigenvalue weighted by Gasteiger charge is 2.14. The van der Waals surface area contributed by atoms with Gasteiger partial charge >= 0.3 is 0 Å². The van der Waals surface area contributed by atoms with Crippen molar-refractivity contribution in [3.63, 3.8) is 0 Å². The number of hydrogen-bond donors (Lipinski definition) is 1. The maximum Gasteiger partial charge on any atom is 0.0594 e. The van der Waals surface area contributed by atoms with Crippen LogP contribution in [0.4, 0.5) is 0 Å². The average Bonchev–Trinajstić information content (AvgIpc) is 2.05. The van der Waals surface area contributed by atoms with Crippen molar-refractivity contribution in [2.45, 2.75) is 12.6 Å². The number of hydrogen-bond acceptors (Lipinski definition) is 3. The van der Waals surface area contributed by atoms with Gasteiger partial charge in [-0.3, -0.25) is 4.90 Å². The fourth-order valence-corrected chi connectivity index (χ4v) is 1.09. The molecular weight excluding hydrogens is 128 g/mol. The third-order valence-electron chi connectivity index (χ3n) is 1.81. The van der Waals surface area contributed by atoms with Crippen LogP contribution in [0.5, 0.6) is 0 Å². The van der Waals surface area contributed by atoms with E-state index in [4.69, 9.17) is 10.5 Å². The second kappa shape index (κ2) is 3.91. The molecule has 1 heterocycles. The molecule has 3 heteroatoms. The zero-order chi connectivity index (χ0) is 7.40. The van der Waals surface area contributed by atoms with Gasteiger partial charge in [0, 0.05) is 13.1 Å². The normalized spacial score (nSPS) is 24.6. The number of nitrogens with two attached hydrogens (primary N) is 1. The van der Waals surface area contributed by atoms with Gasteiger partial charge in [-0.2, -0.15) is 0 Å². The summed E-state index contributed by atoms with van der Waals surface area (Å²) in [5.74, 6) is 0. The van der Waals surface area contributed by atoms with E-state index in [0.717, 1.165) is 32.7 Å². The lowest BCUT2D eigenvalue weighted by Gasteiger charge is -2.31. The van der Waals surface area contributed by atoms with E-state index in [9.17, 15) is 0 Å². The van der Waals surface area contributed by atoms with Gasteiger partial charge < -0.3 is 10.5 Å². The predicted molar refractivity (Wildman–Crippen MR) is 40.3 cm³/mol. The molecule has 0 saturated carbocycles. The molecule has 0 bridgehead atoms. The van der Waals surface area contributed by atoms with Crippen LogP contribution in [0.2, 0.25) is 0 Å². The first-order valence-corrected chi connectivity index (χ1v) is 3.71. The number of ether oxygens (including phenoxy) is 1. The van der Waals surface area contributed by atoms with Crippen LogP contribution >= 0.6 is 0 Å². The summed E-state index contributed by atoms with van der Waals surface area (Å²) in [6, 6.07) is 0. The fraction of sp³-hybridized carbons (Fsp3) is 0.857. The van der Waals surface area contributed by atoms with Crippen LogP contribution in [-0.4, -0.2) is 37.4 Å². The van der Waals surface area contributed by atoms with Gasteiger partial charge in [0.15, 0.2) is 0 Å². The molecule has 1 aliphatic rings. The highest BCUT2D eigenvalue weighted by molar-refractivity contribution is 4.68. The van der Waals surface area contributed by atoms with E-state index in [1.807, 2.05) is 0 Å². The number of morpholine rings is 1. The minimum atomic E-state index is 0.129. The van der Waals surface area contributed by atoms with Gasteiger partial charge in [-0.1, -0.05) is 6.92 Å². The van der Waals surface area contributed by atoms with Crippen molar-refractivity contribution < 1.29 is 4.74 Å². The Morgan fingerprint density at radius 3 is 2.60 bits per heavy atom. The van der Waals surface area contributed by atoms with Crippen LogP contribution in [0.3, 0.4) is 0 Å². The lowest BCUT2D eigenvalue weighted by molar-refractivity contribution is 0.0183. The summed E-state index contributed by atoms with van der Waals surface area (Å²) in [4.78, 5) is 2.20. The molecule has 0 amide bonds. The van der Waals surface area contributed by atoms with Gasteiger partial charge in [-0.05, 0) is 6.42 Å². The third-order valence-corrected chi connectivity index (χ3v) is 1.81. The molecule has 1 fully saturated rings. The second-order valence-electron chi connectivity index (χ2n) is 2.50. The van der Waals surface area contributed by atoms with Crippen LogP contribution in [0, 0.1) is 6.92 Å². The molecule has 1 aliphatic heterocycles. The molecule has 3 nitrogen and oxygen atoms in total. The molecule has 0 aromatic rings. The molecular formula is C7H15N2O. The van der Waals surface area contributed by atoms with Crippen molar-refractivity contribution in [2.75, 3.05) is 26.3 Å². The molecule has 0 aromatic heterocycles. The highest BCUT2D eigenvalue weighted by atomic mass is 16.5. The van der Waals surface area contributed by atoms with Gasteiger partial charge in [0.1, 0.15) is 0 Å². The smallest absolute Gasteiger partial charge is 0.0594 e. The topological polar surface area (TPSA) is 38.5 Å². The van der Waals surface area contributed by atoms with Gasteiger partial charge in [-0.15, -0.1) is 0 Å². The molecule has 1 radical (unpaired) electrons. The van der Waals surface area contributed by atoms with Crippen molar-refractivity contribution in [2.24, 2.45) is 5.73 Å². The van der Waals surface area contributed by atoms with Crippen LogP contribution in [0.1, 0.15) is 6.42 Å². The highest BCUT2D eigenvalue weighted by Crippen LogP contribution is 2.01. The molecule has 1 rings (SSSR count). The Kier molecular flexibility index (Phi) is 3.12. The Balaban J connectivity index is 2.24. The van der Waals surface area contributed by atoms with Crippen molar-refractivity contribution >= 4 is 0 Å². The lowest BCUT2D eigenvalue weighted by atomic mass is 10.3. The average molecular weight is 143 g/mol. The molecule has 0 aromatic carbocycles. The Hall–Kier alpha value is -0.120. The number of rotatable bonds is 2. The van der Waals surface area contributed by atoms with Crippen molar-refractivity contribution in [3.05, 3.63) is 6.92 Å². The van der Waals surface area contributed by atoms with Crippen LogP contribution in [0.15, 0.2) is 0 Å². The minimum absolute atomic E-state index is 0.129. The Labute approximate surface area is 62.1 Å². The molecule has 2 N–H and O–H groups in total.